The summed E-state index contributed by atoms with van der Waals surface area (Å²) >= 11 is 0. The third-order valence-electron chi connectivity index (χ3n) is 2.06. The Hall–Kier alpha value is -1.13. The summed E-state index contributed by atoms with van der Waals surface area (Å²) in [6.07, 6.45) is 1.25. The van der Waals surface area contributed by atoms with Gasteiger partial charge in [0, 0.05) is 30.2 Å². The van der Waals surface area contributed by atoms with Crippen LogP contribution in [0.1, 0.15) is 12.6 Å². The van der Waals surface area contributed by atoms with Gasteiger partial charge in [-0.15, -0.1) is 0 Å². The van der Waals surface area contributed by atoms with Crippen LogP contribution < -0.4 is 11.1 Å². The average Bonchev–Trinajstić information content (AvgIpc) is 2.14. The number of nitrogens with two attached hydrogens (primary N) is 1. The lowest BCUT2D eigenvalue weighted by atomic mass is 10.2. The van der Waals surface area contributed by atoms with Crippen molar-refractivity contribution < 1.29 is 5.11 Å². The van der Waals surface area contributed by atoms with Crippen molar-refractivity contribution in [1.82, 2.24) is 4.98 Å². The predicted octanol–water partition coefficient (Wildman–Crippen LogP) is 0.510. The zero-order valence-electron chi connectivity index (χ0n) is 8.57. The van der Waals surface area contributed by atoms with Gasteiger partial charge in [-0.3, -0.25) is 4.98 Å². The maximum absolute atomic E-state index is 9.18. The second kappa shape index (κ2) is 4.93. The fourth-order valence-electron chi connectivity index (χ4n) is 1.06. The Morgan fingerprint density at radius 3 is 2.93 bits per heavy atom. The van der Waals surface area contributed by atoms with Gasteiger partial charge in [0.2, 0.25) is 0 Å². The van der Waals surface area contributed by atoms with Crippen LogP contribution in [0.5, 0.6) is 0 Å². The second-order valence-corrected chi connectivity index (χ2v) is 3.47. The molecule has 1 aromatic heterocycles. The molecule has 0 radical (unpaired) electrons. The van der Waals surface area contributed by atoms with E-state index in [1.54, 1.807) is 13.1 Å². The summed E-state index contributed by atoms with van der Waals surface area (Å²) < 4.78 is 0. The Balaban J connectivity index is 2.45. The first kappa shape index (κ1) is 10.9. The van der Waals surface area contributed by atoms with E-state index in [9.17, 15) is 5.11 Å². The van der Waals surface area contributed by atoms with Crippen molar-refractivity contribution >= 4 is 5.69 Å². The molecule has 1 aromatic rings. The highest BCUT2D eigenvalue weighted by Gasteiger charge is 2.08. The highest BCUT2D eigenvalue weighted by molar-refractivity contribution is 5.43. The largest absolute Gasteiger partial charge is 0.392 e. The molecule has 0 amide bonds. The van der Waals surface area contributed by atoms with Gasteiger partial charge in [-0.1, -0.05) is 0 Å². The highest BCUT2D eigenvalue weighted by atomic mass is 16.3. The van der Waals surface area contributed by atoms with E-state index in [2.05, 4.69) is 10.3 Å². The molecule has 0 aliphatic carbocycles. The number of rotatable bonds is 4. The van der Waals surface area contributed by atoms with E-state index < -0.39 is 6.10 Å². The van der Waals surface area contributed by atoms with Gasteiger partial charge in [0.25, 0.3) is 0 Å². The fraction of sp³-hybridized carbons (Fsp3) is 0.500. The van der Waals surface area contributed by atoms with Crippen molar-refractivity contribution in [2.24, 2.45) is 5.73 Å². The van der Waals surface area contributed by atoms with Crippen molar-refractivity contribution in [1.29, 1.82) is 0 Å². The van der Waals surface area contributed by atoms with Crippen molar-refractivity contribution in [2.45, 2.75) is 26.0 Å². The Morgan fingerprint density at radius 1 is 1.64 bits per heavy atom. The Bertz CT molecular complexity index is 288. The second-order valence-electron chi connectivity index (χ2n) is 3.47. The molecule has 1 heterocycles. The standard InChI is InChI=1S/C10H17N3O/c1-7-5-9(3-4-12-7)13-6-10(11)8(2)14/h3-5,8,10,14H,6,11H2,1-2H3,(H,12,13). The average molecular weight is 195 g/mol. The molecule has 0 aliphatic rings. The first-order valence-corrected chi connectivity index (χ1v) is 4.70. The van der Waals surface area contributed by atoms with Crippen LogP contribution >= 0.6 is 0 Å². The van der Waals surface area contributed by atoms with Crippen LogP contribution in [0.15, 0.2) is 18.3 Å². The van der Waals surface area contributed by atoms with Crippen LogP contribution in [0.4, 0.5) is 5.69 Å². The molecule has 0 aromatic carbocycles. The topological polar surface area (TPSA) is 71.2 Å². The monoisotopic (exact) mass is 195 g/mol. The third-order valence-corrected chi connectivity index (χ3v) is 2.06. The minimum absolute atomic E-state index is 0.247. The molecule has 0 aliphatic heterocycles. The molecular weight excluding hydrogens is 178 g/mol. The van der Waals surface area contributed by atoms with Crippen molar-refractivity contribution in [3.05, 3.63) is 24.0 Å². The van der Waals surface area contributed by atoms with Crippen molar-refractivity contribution in [3.63, 3.8) is 0 Å². The Kier molecular flexibility index (Phi) is 3.85. The summed E-state index contributed by atoms with van der Waals surface area (Å²) in [7, 11) is 0. The number of anilines is 1. The SMILES string of the molecule is Cc1cc(NCC(N)C(C)O)ccn1. The zero-order chi connectivity index (χ0) is 10.6. The van der Waals surface area contributed by atoms with E-state index in [4.69, 9.17) is 5.73 Å². The van der Waals surface area contributed by atoms with E-state index in [1.165, 1.54) is 0 Å². The third kappa shape index (κ3) is 3.32. The lowest BCUT2D eigenvalue weighted by molar-refractivity contribution is 0.168. The number of aliphatic hydroxyl groups excluding tert-OH is 1. The Labute approximate surface area is 84.2 Å². The summed E-state index contributed by atoms with van der Waals surface area (Å²) in [6.45, 7) is 4.17. The smallest absolute Gasteiger partial charge is 0.0680 e. The number of aryl methyl sites for hydroxylation is 1. The molecule has 2 atom stereocenters. The quantitative estimate of drug-likeness (QED) is 0.654. The molecule has 1 rings (SSSR count). The van der Waals surface area contributed by atoms with Crippen LogP contribution in [0.3, 0.4) is 0 Å². The van der Waals surface area contributed by atoms with E-state index in [0.717, 1.165) is 11.4 Å². The number of pyridine rings is 1. The molecule has 14 heavy (non-hydrogen) atoms. The van der Waals surface area contributed by atoms with Crippen molar-refractivity contribution in [3.8, 4) is 0 Å². The van der Waals surface area contributed by atoms with E-state index in [0.29, 0.717) is 6.54 Å². The maximum atomic E-state index is 9.18. The van der Waals surface area contributed by atoms with Crippen LogP contribution in [-0.4, -0.2) is 28.8 Å². The first-order valence-electron chi connectivity index (χ1n) is 4.70. The van der Waals surface area contributed by atoms with Crippen molar-refractivity contribution in [2.75, 3.05) is 11.9 Å². The molecule has 4 nitrogen and oxygen atoms in total. The minimum atomic E-state index is -0.495. The molecule has 4 N–H and O–H groups in total. The lowest BCUT2D eigenvalue weighted by Crippen LogP contribution is -2.38. The number of hydrogen-bond donors (Lipinski definition) is 3. The summed E-state index contributed by atoms with van der Waals surface area (Å²) in [5.41, 5.74) is 7.61. The first-order chi connectivity index (χ1) is 6.59. The van der Waals surface area contributed by atoms with Gasteiger partial charge in [-0.2, -0.15) is 0 Å². The van der Waals surface area contributed by atoms with Crippen LogP contribution in [-0.2, 0) is 0 Å². The molecule has 0 saturated heterocycles. The summed E-state index contributed by atoms with van der Waals surface area (Å²) in [5, 5.41) is 12.3. The van der Waals surface area contributed by atoms with Crippen LogP contribution in [0, 0.1) is 6.92 Å². The zero-order valence-corrected chi connectivity index (χ0v) is 8.57. The molecule has 0 bridgehead atoms. The van der Waals surface area contributed by atoms with E-state index in [1.807, 2.05) is 19.1 Å². The lowest BCUT2D eigenvalue weighted by Gasteiger charge is -2.16. The molecule has 4 heteroatoms. The number of nitrogens with zero attached hydrogens (tertiary/aromatic N) is 1. The summed E-state index contributed by atoms with van der Waals surface area (Å²) in [6, 6.07) is 3.57. The maximum Gasteiger partial charge on any atom is 0.0680 e. The normalized spacial score (nSPS) is 14.9. The van der Waals surface area contributed by atoms with Gasteiger partial charge in [0.15, 0.2) is 0 Å². The minimum Gasteiger partial charge on any atom is -0.392 e. The molecule has 0 saturated carbocycles. The predicted molar refractivity (Wildman–Crippen MR) is 57.1 cm³/mol. The van der Waals surface area contributed by atoms with E-state index >= 15 is 0 Å². The number of aliphatic hydroxyl groups is 1. The van der Waals surface area contributed by atoms with Gasteiger partial charge >= 0.3 is 0 Å². The van der Waals surface area contributed by atoms with Crippen LogP contribution in [0.2, 0.25) is 0 Å². The summed E-state index contributed by atoms with van der Waals surface area (Å²) in [4.78, 5) is 4.08. The molecular formula is C10H17N3O. The van der Waals surface area contributed by atoms with Gasteiger partial charge in [0.05, 0.1) is 6.10 Å². The number of aromatic nitrogens is 1. The molecule has 2 unspecified atom stereocenters. The van der Waals surface area contributed by atoms with Gasteiger partial charge < -0.3 is 16.2 Å². The number of nitrogens with one attached hydrogen (secondary N) is 1. The molecule has 0 spiro atoms. The fourth-order valence-corrected chi connectivity index (χ4v) is 1.06. The molecule has 78 valence electrons. The summed E-state index contributed by atoms with van der Waals surface area (Å²) in [5.74, 6) is 0. The van der Waals surface area contributed by atoms with E-state index in [-0.39, 0.29) is 6.04 Å². The van der Waals surface area contributed by atoms with Gasteiger partial charge in [0.1, 0.15) is 0 Å². The highest BCUT2D eigenvalue weighted by Crippen LogP contribution is 2.06. The molecule has 0 fully saturated rings. The number of hydrogen-bond acceptors (Lipinski definition) is 4. The van der Waals surface area contributed by atoms with Gasteiger partial charge in [-0.25, -0.2) is 0 Å². The Morgan fingerprint density at radius 2 is 2.36 bits per heavy atom. The van der Waals surface area contributed by atoms with Gasteiger partial charge in [-0.05, 0) is 26.0 Å². The van der Waals surface area contributed by atoms with Crippen LogP contribution in [0.25, 0.3) is 0 Å².